The van der Waals surface area contributed by atoms with Crippen molar-refractivity contribution in [2.45, 2.75) is 25.1 Å². The molecular weight excluding hydrogens is 293 g/mol. The SMILES string of the molecule is CC1(OCC(=O)O)CN(C(=O)C2(C(F)(F)F)CCNC2)C1. The smallest absolute Gasteiger partial charge is 0.404 e. The summed E-state index contributed by atoms with van der Waals surface area (Å²) in [6, 6.07) is 0. The number of hydrogen-bond donors (Lipinski definition) is 2. The fourth-order valence-electron chi connectivity index (χ4n) is 2.77. The number of nitrogens with zero attached hydrogens (tertiary/aromatic N) is 1. The van der Waals surface area contributed by atoms with E-state index in [0.29, 0.717) is 0 Å². The van der Waals surface area contributed by atoms with Gasteiger partial charge in [0.05, 0.1) is 13.1 Å². The van der Waals surface area contributed by atoms with Crippen LogP contribution < -0.4 is 5.32 Å². The molecule has 1 unspecified atom stereocenters. The molecule has 0 aliphatic carbocycles. The topological polar surface area (TPSA) is 78.9 Å². The summed E-state index contributed by atoms with van der Waals surface area (Å²) in [4.78, 5) is 23.7. The monoisotopic (exact) mass is 310 g/mol. The molecule has 2 N–H and O–H groups in total. The first kappa shape index (κ1) is 16.0. The summed E-state index contributed by atoms with van der Waals surface area (Å²) >= 11 is 0. The first-order valence-corrected chi connectivity index (χ1v) is 6.52. The van der Waals surface area contributed by atoms with Crippen molar-refractivity contribution in [1.29, 1.82) is 0 Å². The zero-order valence-electron chi connectivity index (χ0n) is 11.5. The van der Waals surface area contributed by atoms with Crippen LogP contribution in [0.5, 0.6) is 0 Å². The van der Waals surface area contributed by atoms with Crippen LogP contribution in [0.1, 0.15) is 13.3 Å². The largest absolute Gasteiger partial charge is 0.480 e. The second kappa shape index (κ2) is 5.13. The molecule has 2 saturated heterocycles. The van der Waals surface area contributed by atoms with Crippen LogP contribution in [0.3, 0.4) is 0 Å². The fourth-order valence-corrected chi connectivity index (χ4v) is 2.77. The number of halogens is 3. The Morgan fingerprint density at radius 1 is 1.38 bits per heavy atom. The lowest BCUT2D eigenvalue weighted by Crippen LogP contribution is -2.67. The minimum Gasteiger partial charge on any atom is -0.480 e. The van der Waals surface area contributed by atoms with Gasteiger partial charge < -0.3 is 20.1 Å². The maximum absolute atomic E-state index is 13.2. The first-order chi connectivity index (χ1) is 9.60. The number of nitrogens with one attached hydrogen (secondary N) is 1. The van der Waals surface area contributed by atoms with Gasteiger partial charge in [0.25, 0.3) is 0 Å². The molecule has 0 bridgehead atoms. The third-order valence-electron chi connectivity index (χ3n) is 3.99. The van der Waals surface area contributed by atoms with Crippen LogP contribution in [0, 0.1) is 5.41 Å². The van der Waals surface area contributed by atoms with E-state index in [1.807, 2.05) is 0 Å². The van der Waals surface area contributed by atoms with Crippen LogP contribution in [0.4, 0.5) is 13.2 Å². The summed E-state index contributed by atoms with van der Waals surface area (Å²) in [5, 5.41) is 11.1. The highest BCUT2D eigenvalue weighted by Gasteiger charge is 2.64. The van der Waals surface area contributed by atoms with Gasteiger partial charge in [0, 0.05) is 6.54 Å². The van der Waals surface area contributed by atoms with E-state index in [0.717, 1.165) is 4.90 Å². The van der Waals surface area contributed by atoms with Gasteiger partial charge in [-0.2, -0.15) is 13.2 Å². The summed E-state index contributed by atoms with van der Waals surface area (Å²) in [5.74, 6) is -2.12. The van der Waals surface area contributed by atoms with Crippen molar-refractivity contribution in [1.82, 2.24) is 10.2 Å². The van der Waals surface area contributed by atoms with Gasteiger partial charge in [0.15, 0.2) is 5.41 Å². The molecule has 0 aromatic rings. The van der Waals surface area contributed by atoms with Gasteiger partial charge in [0.2, 0.25) is 5.91 Å². The molecule has 120 valence electrons. The summed E-state index contributed by atoms with van der Waals surface area (Å²) in [6.07, 6.45) is -4.89. The standard InChI is InChI=1S/C12H17F3N2O4/c1-10(21-4-8(18)19)6-17(7-10)9(20)11(12(13,14)15)2-3-16-5-11/h16H,2-7H2,1H3,(H,18,19). The van der Waals surface area contributed by atoms with Crippen molar-refractivity contribution in [3.05, 3.63) is 0 Å². The average molecular weight is 310 g/mol. The molecule has 2 heterocycles. The molecule has 1 atom stereocenters. The van der Waals surface area contributed by atoms with Crippen LogP contribution in [0.2, 0.25) is 0 Å². The fraction of sp³-hybridized carbons (Fsp3) is 0.833. The minimum absolute atomic E-state index is 0.0308. The highest BCUT2D eigenvalue weighted by molar-refractivity contribution is 5.85. The molecule has 2 aliphatic heterocycles. The molecule has 0 aromatic carbocycles. The van der Waals surface area contributed by atoms with Crippen LogP contribution in [0.25, 0.3) is 0 Å². The van der Waals surface area contributed by atoms with Crippen molar-refractivity contribution >= 4 is 11.9 Å². The van der Waals surface area contributed by atoms with Crippen molar-refractivity contribution in [2.24, 2.45) is 5.41 Å². The lowest BCUT2D eigenvalue weighted by atomic mass is 9.82. The Kier molecular flexibility index (Phi) is 3.92. The first-order valence-electron chi connectivity index (χ1n) is 6.52. The Hall–Kier alpha value is -1.35. The molecule has 0 aromatic heterocycles. The number of carbonyl (C=O) groups is 2. The van der Waals surface area contributed by atoms with Gasteiger partial charge >= 0.3 is 12.1 Å². The van der Waals surface area contributed by atoms with E-state index >= 15 is 0 Å². The number of hydrogen-bond acceptors (Lipinski definition) is 4. The molecule has 21 heavy (non-hydrogen) atoms. The maximum Gasteiger partial charge on any atom is 0.404 e. The van der Waals surface area contributed by atoms with E-state index < -0.39 is 42.2 Å². The van der Waals surface area contributed by atoms with Crippen LogP contribution in [0.15, 0.2) is 0 Å². The summed E-state index contributed by atoms with van der Waals surface area (Å²) in [5.41, 5.74) is -3.27. The minimum atomic E-state index is -4.61. The van der Waals surface area contributed by atoms with Gasteiger partial charge in [-0.1, -0.05) is 0 Å². The predicted octanol–water partition coefficient (Wildman–Crippen LogP) is 0.230. The molecule has 0 spiro atoms. The quantitative estimate of drug-likeness (QED) is 0.777. The normalized spacial score (nSPS) is 28.3. The van der Waals surface area contributed by atoms with E-state index in [1.54, 1.807) is 6.92 Å². The molecule has 1 amide bonds. The van der Waals surface area contributed by atoms with E-state index in [9.17, 15) is 22.8 Å². The number of carboxylic acids is 1. The molecule has 2 aliphatic rings. The molecule has 6 nitrogen and oxygen atoms in total. The van der Waals surface area contributed by atoms with Crippen molar-refractivity contribution in [3.63, 3.8) is 0 Å². The molecule has 0 saturated carbocycles. The molecule has 9 heteroatoms. The second-order valence-electron chi connectivity index (χ2n) is 5.80. The zero-order chi connectivity index (χ0) is 15.9. The van der Waals surface area contributed by atoms with Crippen molar-refractivity contribution in [2.75, 3.05) is 32.8 Å². The zero-order valence-corrected chi connectivity index (χ0v) is 11.5. The van der Waals surface area contributed by atoms with Crippen molar-refractivity contribution in [3.8, 4) is 0 Å². The van der Waals surface area contributed by atoms with E-state index in [4.69, 9.17) is 9.84 Å². The Morgan fingerprint density at radius 2 is 2.00 bits per heavy atom. The highest BCUT2D eigenvalue weighted by Crippen LogP contribution is 2.45. The van der Waals surface area contributed by atoms with E-state index in [1.165, 1.54) is 0 Å². The van der Waals surface area contributed by atoms with Gasteiger partial charge in [-0.25, -0.2) is 4.79 Å². The molecule has 0 radical (unpaired) electrons. The molecule has 2 rings (SSSR count). The average Bonchev–Trinajstić information content (AvgIpc) is 2.82. The van der Waals surface area contributed by atoms with Gasteiger partial charge in [-0.3, -0.25) is 4.79 Å². The van der Waals surface area contributed by atoms with Crippen LogP contribution >= 0.6 is 0 Å². The predicted molar refractivity (Wildman–Crippen MR) is 64.5 cm³/mol. The Labute approximate surface area is 119 Å². The number of rotatable bonds is 4. The van der Waals surface area contributed by atoms with Gasteiger partial charge in [-0.15, -0.1) is 0 Å². The third kappa shape index (κ3) is 2.84. The van der Waals surface area contributed by atoms with Crippen LogP contribution in [-0.2, 0) is 14.3 Å². The lowest BCUT2D eigenvalue weighted by molar-refractivity contribution is -0.231. The summed E-state index contributed by atoms with van der Waals surface area (Å²) < 4.78 is 44.8. The van der Waals surface area contributed by atoms with Gasteiger partial charge in [0.1, 0.15) is 12.2 Å². The molecular formula is C12H17F3N2O4. The maximum atomic E-state index is 13.2. The summed E-state index contributed by atoms with van der Waals surface area (Å²) in [7, 11) is 0. The summed E-state index contributed by atoms with van der Waals surface area (Å²) in [6.45, 7) is 0.704. The number of carbonyl (C=O) groups excluding carboxylic acids is 1. The van der Waals surface area contributed by atoms with Crippen molar-refractivity contribution < 1.29 is 32.6 Å². The number of ether oxygens (including phenoxy) is 1. The van der Waals surface area contributed by atoms with Gasteiger partial charge in [-0.05, 0) is 19.9 Å². The number of aliphatic carboxylic acids is 1. The highest BCUT2D eigenvalue weighted by atomic mass is 19.4. The number of alkyl halides is 3. The number of amides is 1. The number of carboxylic acid groups (broad SMARTS) is 1. The Morgan fingerprint density at radius 3 is 2.43 bits per heavy atom. The van der Waals surface area contributed by atoms with E-state index in [2.05, 4.69) is 5.32 Å². The van der Waals surface area contributed by atoms with E-state index in [-0.39, 0.29) is 26.1 Å². The molecule has 2 fully saturated rings. The second-order valence-corrected chi connectivity index (χ2v) is 5.80. The Balaban J connectivity index is 2.01. The third-order valence-corrected chi connectivity index (χ3v) is 3.99. The lowest BCUT2D eigenvalue weighted by Gasteiger charge is -2.50. The van der Waals surface area contributed by atoms with Crippen LogP contribution in [-0.4, -0.2) is 66.4 Å². The Bertz CT molecular complexity index is 440. The number of likely N-dealkylation sites (tertiary alicyclic amines) is 1.